The summed E-state index contributed by atoms with van der Waals surface area (Å²) >= 11 is 0. The summed E-state index contributed by atoms with van der Waals surface area (Å²) in [6, 6.07) is 0. The Hall–Kier alpha value is -1.33. The van der Waals surface area contributed by atoms with Gasteiger partial charge in [0.05, 0.1) is 38.1 Å². The van der Waals surface area contributed by atoms with Crippen LogP contribution in [0.1, 0.15) is 27.7 Å². The zero-order chi connectivity index (χ0) is 38.4. The number of hydrogen-bond acceptors (Lipinski definition) is 22. The van der Waals surface area contributed by atoms with Gasteiger partial charge in [0.15, 0.2) is 37.6 Å². The van der Waals surface area contributed by atoms with Gasteiger partial charge in [0.1, 0.15) is 78.8 Å². The predicted octanol–water partition coefficient (Wildman–Crippen LogP) is -6.99. The predicted molar refractivity (Wildman–Crippen MR) is 160 cm³/mol. The molecule has 52 heavy (non-hydrogen) atoms. The van der Waals surface area contributed by atoms with Crippen LogP contribution in [0, 0.1) is 0 Å². The van der Waals surface area contributed by atoms with Gasteiger partial charge >= 0.3 is 5.97 Å². The molecule has 0 radical (unpaired) electrons. The third kappa shape index (κ3) is 8.41. The molecule has 0 spiro atoms. The minimum atomic E-state index is -2.10. The maximum atomic E-state index is 12.0. The lowest BCUT2D eigenvalue weighted by Crippen LogP contribution is -2.66. The number of carbonyl (C=O) groups excluding carboxylic acids is 1. The number of esters is 1. The number of hydrogen-bond donors (Lipinski definition) is 11. The van der Waals surface area contributed by atoms with E-state index in [-0.39, 0.29) is 0 Å². The molecule has 5 fully saturated rings. The quantitative estimate of drug-likeness (QED) is 0.0921. The molecule has 0 aromatic carbocycles. The van der Waals surface area contributed by atoms with Gasteiger partial charge in [0, 0.05) is 6.92 Å². The highest BCUT2D eigenvalue weighted by Gasteiger charge is 2.56. The molecule has 0 unspecified atom stereocenters. The van der Waals surface area contributed by atoms with E-state index in [4.69, 9.17) is 47.4 Å². The van der Waals surface area contributed by atoms with Crippen molar-refractivity contribution in [3.63, 3.8) is 0 Å². The summed E-state index contributed by atoms with van der Waals surface area (Å²) in [5.74, 6) is -0.789. The Morgan fingerprint density at radius 2 is 1.17 bits per heavy atom. The van der Waals surface area contributed by atoms with Gasteiger partial charge in [0.25, 0.3) is 0 Å². The Labute approximate surface area is 296 Å². The van der Waals surface area contributed by atoms with Crippen LogP contribution in [-0.2, 0) is 52.2 Å². The first-order chi connectivity index (χ1) is 24.4. The van der Waals surface area contributed by atoms with E-state index in [9.17, 15) is 61.0 Å². The molecule has 0 aromatic heterocycles. The molecule has 0 amide bonds. The van der Waals surface area contributed by atoms with Crippen LogP contribution in [0.5, 0.6) is 0 Å². The van der Waals surface area contributed by atoms with Gasteiger partial charge in [-0.1, -0.05) is 0 Å². The molecule has 302 valence electrons. The van der Waals surface area contributed by atoms with Crippen LogP contribution in [0.15, 0.2) is 0 Å². The average Bonchev–Trinajstić information content (AvgIpc) is 3.37. The van der Waals surface area contributed by atoms with E-state index in [0.717, 1.165) is 6.92 Å². The Kier molecular flexibility index (Phi) is 13.5. The van der Waals surface area contributed by atoms with Gasteiger partial charge in [-0.25, -0.2) is 0 Å². The third-order valence-electron chi connectivity index (χ3n) is 9.80. The van der Waals surface area contributed by atoms with Crippen molar-refractivity contribution in [1.82, 2.24) is 0 Å². The van der Waals surface area contributed by atoms with Crippen molar-refractivity contribution >= 4 is 5.97 Å². The highest BCUT2D eigenvalue weighted by Crippen LogP contribution is 2.36. The minimum Gasteiger partial charge on any atom is -0.457 e. The first-order valence-electron chi connectivity index (χ1n) is 16.8. The summed E-state index contributed by atoms with van der Waals surface area (Å²) in [5, 5.41) is 116. The zero-order valence-electron chi connectivity index (χ0n) is 28.7. The molecule has 22 atom stereocenters. The molecule has 5 heterocycles. The molecular formula is C30H50O22. The van der Waals surface area contributed by atoms with Crippen molar-refractivity contribution in [2.45, 2.75) is 162 Å². The number of aliphatic hydroxyl groups is 11. The SMILES string of the molecule is CC(=O)O[C@@H]1[C@H](O[C@@H]2OC[C@](O)(CO)[C@H]2O)[C@@H](O[C@@H]2O[C@@H](C)[C@H](O[C@@H]3OC[C@@H](O)[C@H](O[C@@H]4O[C@@H](C)[C@H](O)[C@@H](O)[C@H]4O)[C@H]3O)[C@@H](O)[C@H]2O)[C@H](O)O[C@@H]1C. The normalized spacial score (nSPS) is 53.1. The van der Waals surface area contributed by atoms with Crippen LogP contribution in [0.4, 0.5) is 0 Å². The third-order valence-corrected chi connectivity index (χ3v) is 9.80. The van der Waals surface area contributed by atoms with Crippen LogP contribution < -0.4 is 0 Å². The Morgan fingerprint density at radius 1 is 0.615 bits per heavy atom. The average molecular weight is 763 g/mol. The topological polar surface area (TPSA) is 332 Å². The van der Waals surface area contributed by atoms with Crippen molar-refractivity contribution < 1.29 is 108 Å². The second-order valence-electron chi connectivity index (χ2n) is 13.7. The first kappa shape index (κ1) is 41.8. The molecule has 0 aromatic rings. The monoisotopic (exact) mass is 762 g/mol. The smallest absolute Gasteiger partial charge is 0.303 e. The summed E-state index contributed by atoms with van der Waals surface area (Å²) in [6.45, 7) is 3.44. The van der Waals surface area contributed by atoms with E-state index in [2.05, 4.69) is 0 Å². The van der Waals surface area contributed by atoms with Gasteiger partial charge in [-0.05, 0) is 20.8 Å². The largest absolute Gasteiger partial charge is 0.457 e. The molecule has 5 saturated heterocycles. The lowest BCUT2D eigenvalue weighted by Gasteiger charge is -2.48. The lowest BCUT2D eigenvalue weighted by atomic mass is 9.96. The molecule has 5 aliphatic rings. The van der Waals surface area contributed by atoms with Crippen LogP contribution in [0.25, 0.3) is 0 Å². The lowest BCUT2D eigenvalue weighted by molar-refractivity contribution is -0.385. The summed E-state index contributed by atoms with van der Waals surface area (Å²) < 4.78 is 55.9. The van der Waals surface area contributed by atoms with Gasteiger partial charge in [-0.3, -0.25) is 4.79 Å². The molecule has 11 N–H and O–H groups in total. The Balaban J connectivity index is 1.27. The van der Waals surface area contributed by atoms with Gasteiger partial charge in [0.2, 0.25) is 0 Å². The fraction of sp³-hybridized carbons (Fsp3) is 0.967. The number of carbonyl (C=O) groups is 1. The highest BCUT2D eigenvalue weighted by atomic mass is 16.8. The second kappa shape index (κ2) is 16.8. The van der Waals surface area contributed by atoms with Crippen LogP contribution in [0.3, 0.4) is 0 Å². The zero-order valence-corrected chi connectivity index (χ0v) is 28.7. The number of ether oxygens (including phenoxy) is 10. The highest BCUT2D eigenvalue weighted by molar-refractivity contribution is 5.66. The number of rotatable bonds is 10. The molecule has 0 saturated carbocycles. The summed E-state index contributed by atoms with van der Waals surface area (Å²) in [5.41, 5.74) is -2.10. The van der Waals surface area contributed by atoms with Crippen LogP contribution in [0.2, 0.25) is 0 Å². The Morgan fingerprint density at radius 3 is 1.79 bits per heavy atom. The van der Waals surface area contributed by atoms with E-state index in [1.165, 1.54) is 20.8 Å². The number of aliphatic hydroxyl groups excluding tert-OH is 10. The molecular weight excluding hydrogens is 712 g/mol. The first-order valence-corrected chi connectivity index (χ1v) is 16.8. The van der Waals surface area contributed by atoms with Crippen LogP contribution >= 0.6 is 0 Å². The molecule has 0 bridgehead atoms. The van der Waals surface area contributed by atoms with Crippen molar-refractivity contribution in [2.24, 2.45) is 0 Å². The minimum absolute atomic E-state index is 0.472. The molecule has 5 rings (SSSR count). The molecule has 5 aliphatic heterocycles. The summed E-state index contributed by atoms with van der Waals surface area (Å²) in [6.07, 6.45) is -32.7. The van der Waals surface area contributed by atoms with Crippen molar-refractivity contribution in [2.75, 3.05) is 19.8 Å². The van der Waals surface area contributed by atoms with Gasteiger partial charge in [-0.2, -0.15) is 0 Å². The maximum Gasteiger partial charge on any atom is 0.303 e. The van der Waals surface area contributed by atoms with Crippen LogP contribution in [-0.4, -0.2) is 217 Å². The van der Waals surface area contributed by atoms with E-state index < -0.39 is 161 Å². The summed E-state index contributed by atoms with van der Waals surface area (Å²) in [7, 11) is 0. The molecule has 22 heteroatoms. The molecule has 22 nitrogen and oxygen atoms in total. The van der Waals surface area contributed by atoms with E-state index >= 15 is 0 Å². The van der Waals surface area contributed by atoms with E-state index in [1.807, 2.05) is 0 Å². The standard InChI is InChI=1S/C30H50O22/c1-8-13(34)14(35)16(37)27(46-8)50-21-12(33)5-43-26(18(21)39)49-19-9(2)47-28(17(38)15(19)36)52-23-22(20(48-11(4)32)10(3)45-25(23)41)51-29-24(40)30(42,6-31)7-44-29/h8-10,12-29,31,33-42H,5-7H2,1-4H3/t8-,9-,10+,12+,13-,14+,15-,16+,17+,18+,19-,20-,21-,22-,23+,24-,25+,26-,27-,28-,29-,30+/m0/s1. The summed E-state index contributed by atoms with van der Waals surface area (Å²) in [4.78, 5) is 12.0. The van der Waals surface area contributed by atoms with Gasteiger partial charge in [-0.15, -0.1) is 0 Å². The Bertz CT molecular complexity index is 1180. The van der Waals surface area contributed by atoms with Gasteiger partial charge < -0.3 is 104 Å². The fourth-order valence-corrected chi connectivity index (χ4v) is 6.67. The van der Waals surface area contributed by atoms with E-state index in [1.54, 1.807) is 0 Å². The van der Waals surface area contributed by atoms with Crippen molar-refractivity contribution in [1.29, 1.82) is 0 Å². The molecule has 0 aliphatic carbocycles. The fourth-order valence-electron chi connectivity index (χ4n) is 6.67. The van der Waals surface area contributed by atoms with Crippen molar-refractivity contribution in [3.05, 3.63) is 0 Å². The second-order valence-corrected chi connectivity index (χ2v) is 13.7. The van der Waals surface area contributed by atoms with E-state index in [0.29, 0.717) is 0 Å². The van der Waals surface area contributed by atoms with Crippen molar-refractivity contribution in [3.8, 4) is 0 Å². The maximum absolute atomic E-state index is 12.0.